The first-order valence-electron chi connectivity index (χ1n) is 10.3. The summed E-state index contributed by atoms with van der Waals surface area (Å²) in [7, 11) is 1.50. The average molecular weight is 462 g/mol. The van der Waals surface area contributed by atoms with E-state index in [0.29, 0.717) is 11.4 Å². The number of carbonyl (C=O) groups is 2. The molecule has 0 aliphatic heterocycles. The minimum atomic E-state index is -1.08. The smallest absolute Gasteiger partial charge is 0.262 e. The van der Waals surface area contributed by atoms with Crippen LogP contribution in [-0.4, -0.2) is 25.5 Å². The van der Waals surface area contributed by atoms with E-state index in [0.717, 1.165) is 22.9 Å². The summed E-state index contributed by atoms with van der Waals surface area (Å²) in [6.45, 7) is -0.452. The lowest BCUT2D eigenvalue weighted by Gasteiger charge is -2.15. The van der Waals surface area contributed by atoms with Crippen LogP contribution in [0.1, 0.15) is 10.4 Å². The van der Waals surface area contributed by atoms with E-state index in [2.05, 4.69) is 10.6 Å². The molecule has 0 spiro atoms. The molecule has 4 rings (SSSR count). The molecule has 172 valence electrons. The summed E-state index contributed by atoms with van der Waals surface area (Å²) in [4.78, 5) is 25.5. The van der Waals surface area contributed by atoms with Crippen LogP contribution >= 0.6 is 0 Å². The Balaban J connectivity index is 1.57. The van der Waals surface area contributed by atoms with Crippen molar-refractivity contribution in [1.29, 1.82) is 0 Å². The van der Waals surface area contributed by atoms with E-state index < -0.39 is 30.1 Å². The molecule has 0 radical (unpaired) electrons. The molecule has 0 atom stereocenters. The van der Waals surface area contributed by atoms with Gasteiger partial charge in [-0.15, -0.1) is 0 Å². The van der Waals surface area contributed by atoms with Crippen LogP contribution in [-0.2, 0) is 4.79 Å². The minimum absolute atomic E-state index is 0.0835. The van der Waals surface area contributed by atoms with Crippen molar-refractivity contribution in [2.24, 2.45) is 0 Å². The number of para-hydroxylation sites is 2. The van der Waals surface area contributed by atoms with Crippen molar-refractivity contribution in [1.82, 2.24) is 0 Å². The highest BCUT2D eigenvalue weighted by Crippen LogP contribution is 2.29. The summed E-state index contributed by atoms with van der Waals surface area (Å²) in [6.07, 6.45) is 0. The molecule has 2 N–H and O–H groups in total. The normalized spacial score (nSPS) is 10.6. The lowest BCUT2D eigenvalue weighted by Crippen LogP contribution is -2.22. The van der Waals surface area contributed by atoms with Gasteiger partial charge in [-0.3, -0.25) is 9.59 Å². The molecule has 0 saturated heterocycles. The number of halogens is 2. The van der Waals surface area contributed by atoms with E-state index in [1.807, 2.05) is 24.3 Å². The van der Waals surface area contributed by atoms with Crippen LogP contribution in [0, 0.1) is 11.6 Å². The van der Waals surface area contributed by atoms with Gasteiger partial charge in [0, 0.05) is 11.8 Å². The molecule has 0 bridgehead atoms. The second-order valence-corrected chi connectivity index (χ2v) is 7.32. The summed E-state index contributed by atoms with van der Waals surface area (Å²) in [6, 6.07) is 20.7. The third kappa shape index (κ3) is 5.12. The van der Waals surface area contributed by atoms with Crippen LogP contribution in [0.5, 0.6) is 11.5 Å². The average Bonchev–Trinajstić information content (AvgIpc) is 2.84. The second-order valence-electron chi connectivity index (χ2n) is 7.32. The van der Waals surface area contributed by atoms with Gasteiger partial charge >= 0.3 is 0 Å². The Morgan fingerprint density at radius 1 is 0.794 bits per heavy atom. The fourth-order valence-corrected chi connectivity index (χ4v) is 3.37. The molecule has 0 saturated carbocycles. The van der Waals surface area contributed by atoms with E-state index in [1.165, 1.54) is 13.2 Å². The number of ether oxygens (including phenoxy) is 2. The fourth-order valence-electron chi connectivity index (χ4n) is 3.37. The molecule has 2 amide bonds. The summed E-state index contributed by atoms with van der Waals surface area (Å²) in [5, 5.41) is 6.86. The lowest BCUT2D eigenvalue weighted by molar-refractivity contribution is -0.118. The van der Waals surface area contributed by atoms with Crippen molar-refractivity contribution in [2.45, 2.75) is 0 Å². The number of anilines is 2. The molecule has 4 aromatic carbocycles. The molecule has 0 aliphatic rings. The predicted molar refractivity (Wildman–Crippen MR) is 125 cm³/mol. The number of nitrogens with one attached hydrogen (secondary N) is 2. The zero-order chi connectivity index (χ0) is 24.1. The summed E-state index contributed by atoms with van der Waals surface area (Å²) < 4.78 is 37.5. The molecule has 6 nitrogen and oxygen atoms in total. The third-order valence-electron chi connectivity index (χ3n) is 5.01. The van der Waals surface area contributed by atoms with E-state index >= 15 is 0 Å². The molecule has 0 aliphatic carbocycles. The molecular weight excluding hydrogens is 442 g/mol. The third-order valence-corrected chi connectivity index (χ3v) is 5.01. The topological polar surface area (TPSA) is 76.7 Å². The number of benzene rings is 4. The first-order chi connectivity index (χ1) is 16.4. The van der Waals surface area contributed by atoms with Crippen LogP contribution in [0.2, 0.25) is 0 Å². The molecule has 8 heteroatoms. The van der Waals surface area contributed by atoms with Gasteiger partial charge in [-0.2, -0.15) is 0 Å². The van der Waals surface area contributed by atoms with Crippen LogP contribution < -0.4 is 20.1 Å². The molecular formula is C26H20F2N2O4. The predicted octanol–water partition coefficient (Wildman–Crippen LogP) is 5.40. The Hall–Kier alpha value is -4.46. The number of fused-ring (bicyclic) bond motifs is 1. The SMILES string of the molecule is COc1ccccc1NC(=O)c1cc2ccccc2cc1OCC(=O)Nc1ccc(F)c(F)c1. The van der Waals surface area contributed by atoms with Gasteiger partial charge < -0.3 is 20.1 Å². The largest absolute Gasteiger partial charge is 0.495 e. The Morgan fingerprint density at radius 3 is 2.24 bits per heavy atom. The fraction of sp³-hybridized carbons (Fsp3) is 0.0769. The van der Waals surface area contributed by atoms with Crippen LogP contribution in [0.15, 0.2) is 78.9 Å². The number of methoxy groups -OCH3 is 1. The molecule has 0 heterocycles. The van der Waals surface area contributed by atoms with Gasteiger partial charge in [0.1, 0.15) is 11.5 Å². The number of hydrogen-bond donors (Lipinski definition) is 2. The first-order valence-corrected chi connectivity index (χ1v) is 10.3. The van der Waals surface area contributed by atoms with Crippen molar-refractivity contribution in [3.05, 3.63) is 96.1 Å². The van der Waals surface area contributed by atoms with Crippen molar-refractivity contribution in [2.75, 3.05) is 24.4 Å². The molecule has 0 unspecified atom stereocenters. The van der Waals surface area contributed by atoms with Gasteiger partial charge in [0.15, 0.2) is 18.2 Å². The van der Waals surface area contributed by atoms with E-state index in [9.17, 15) is 18.4 Å². The highest BCUT2D eigenvalue weighted by Gasteiger charge is 2.17. The Bertz CT molecular complexity index is 1370. The van der Waals surface area contributed by atoms with Gasteiger partial charge in [-0.05, 0) is 47.2 Å². The van der Waals surface area contributed by atoms with Gasteiger partial charge in [-0.1, -0.05) is 36.4 Å². The Kier molecular flexibility index (Phi) is 6.68. The van der Waals surface area contributed by atoms with E-state index in [1.54, 1.807) is 36.4 Å². The van der Waals surface area contributed by atoms with Crippen molar-refractivity contribution in [3.63, 3.8) is 0 Å². The number of carbonyl (C=O) groups excluding carboxylic acids is 2. The number of amides is 2. The van der Waals surface area contributed by atoms with Crippen molar-refractivity contribution >= 4 is 34.0 Å². The highest BCUT2D eigenvalue weighted by molar-refractivity contribution is 6.09. The van der Waals surface area contributed by atoms with Crippen LogP contribution in [0.4, 0.5) is 20.2 Å². The van der Waals surface area contributed by atoms with E-state index in [4.69, 9.17) is 9.47 Å². The molecule has 4 aromatic rings. The zero-order valence-corrected chi connectivity index (χ0v) is 18.1. The van der Waals surface area contributed by atoms with Crippen LogP contribution in [0.25, 0.3) is 10.8 Å². The monoisotopic (exact) mass is 462 g/mol. The van der Waals surface area contributed by atoms with E-state index in [-0.39, 0.29) is 17.0 Å². The summed E-state index contributed by atoms with van der Waals surface area (Å²) >= 11 is 0. The van der Waals surface area contributed by atoms with Gasteiger partial charge in [-0.25, -0.2) is 8.78 Å². The molecule has 0 fully saturated rings. The van der Waals surface area contributed by atoms with Gasteiger partial charge in [0.05, 0.1) is 18.4 Å². The maximum Gasteiger partial charge on any atom is 0.262 e. The Morgan fingerprint density at radius 2 is 1.50 bits per heavy atom. The van der Waals surface area contributed by atoms with Crippen molar-refractivity contribution in [3.8, 4) is 11.5 Å². The summed E-state index contributed by atoms with van der Waals surface area (Å²) in [5.74, 6) is -2.47. The Labute approximate surface area is 194 Å². The second kappa shape index (κ2) is 9.99. The minimum Gasteiger partial charge on any atom is -0.495 e. The maximum absolute atomic E-state index is 13.4. The van der Waals surface area contributed by atoms with Gasteiger partial charge in [0.25, 0.3) is 11.8 Å². The van der Waals surface area contributed by atoms with Gasteiger partial charge in [0.2, 0.25) is 0 Å². The maximum atomic E-state index is 13.4. The van der Waals surface area contributed by atoms with Crippen molar-refractivity contribution < 1.29 is 27.8 Å². The highest BCUT2D eigenvalue weighted by atomic mass is 19.2. The standard InChI is InChI=1S/C26H20F2N2O4/c1-33-23-9-5-4-8-22(23)30-26(32)19-12-16-6-2-3-7-17(16)13-24(19)34-15-25(31)29-18-10-11-20(27)21(28)14-18/h2-14H,15H2,1H3,(H,29,31)(H,30,32). The lowest BCUT2D eigenvalue weighted by atomic mass is 10.1. The zero-order valence-electron chi connectivity index (χ0n) is 18.1. The number of rotatable bonds is 7. The first kappa shape index (κ1) is 22.7. The summed E-state index contributed by atoms with van der Waals surface area (Å²) in [5.41, 5.74) is 0.774. The number of hydrogen-bond acceptors (Lipinski definition) is 4. The molecule has 0 aromatic heterocycles. The van der Waals surface area contributed by atoms with Crippen LogP contribution in [0.3, 0.4) is 0 Å². The quantitative estimate of drug-likeness (QED) is 0.386. The molecule has 34 heavy (non-hydrogen) atoms.